The molecule has 0 bridgehead atoms. The van der Waals surface area contributed by atoms with E-state index in [4.69, 9.17) is 18.6 Å². The van der Waals surface area contributed by atoms with Gasteiger partial charge in [-0.1, -0.05) is 17.7 Å². The summed E-state index contributed by atoms with van der Waals surface area (Å²) in [4.78, 5) is 26.3. The van der Waals surface area contributed by atoms with Crippen molar-refractivity contribution in [2.24, 2.45) is 0 Å². The Kier molecular flexibility index (Phi) is 5.49. The lowest BCUT2D eigenvalue weighted by atomic mass is 10.1. The van der Waals surface area contributed by atoms with E-state index in [1.165, 1.54) is 31.2 Å². The smallest absolute Gasteiger partial charge is 0.340 e. The molecule has 7 heteroatoms. The molecule has 0 aliphatic carbocycles. The lowest BCUT2D eigenvalue weighted by Crippen LogP contribution is -2.21. The number of rotatable bonds is 6. The van der Waals surface area contributed by atoms with E-state index >= 15 is 0 Å². The van der Waals surface area contributed by atoms with Crippen LogP contribution in [0.2, 0.25) is 0 Å². The molecular formula is C24H21NO6. The zero-order chi connectivity index (χ0) is 22.0. The SMILES string of the molecule is COc1cc2c(C(=O)OCc3ccco3)cn(-c3ccc(C)cc3)c(=O)c2cc1OC. The first-order valence-electron chi connectivity index (χ1n) is 9.59. The van der Waals surface area contributed by atoms with Gasteiger partial charge in [-0.15, -0.1) is 0 Å². The third-order valence-corrected chi connectivity index (χ3v) is 4.98. The molecule has 0 spiro atoms. The fourth-order valence-electron chi connectivity index (χ4n) is 3.33. The first kappa shape index (κ1) is 20.3. The van der Waals surface area contributed by atoms with E-state index in [1.54, 1.807) is 24.3 Å². The van der Waals surface area contributed by atoms with Crippen molar-refractivity contribution in [1.29, 1.82) is 0 Å². The first-order valence-corrected chi connectivity index (χ1v) is 9.59. The Morgan fingerprint density at radius 3 is 2.29 bits per heavy atom. The summed E-state index contributed by atoms with van der Waals surface area (Å²) in [6, 6.07) is 14.1. The number of methoxy groups -OCH3 is 2. The highest BCUT2D eigenvalue weighted by atomic mass is 16.5. The minimum absolute atomic E-state index is 0.0235. The molecule has 31 heavy (non-hydrogen) atoms. The van der Waals surface area contributed by atoms with Crippen molar-refractivity contribution < 1.29 is 23.4 Å². The van der Waals surface area contributed by atoms with Gasteiger partial charge in [0.15, 0.2) is 11.5 Å². The number of aryl methyl sites for hydroxylation is 1. The molecule has 0 aliphatic heterocycles. The first-order chi connectivity index (χ1) is 15.0. The molecule has 0 saturated heterocycles. The molecule has 0 unspecified atom stereocenters. The molecular weight excluding hydrogens is 398 g/mol. The minimum Gasteiger partial charge on any atom is -0.493 e. The summed E-state index contributed by atoms with van der Waals surface area (Å²) in [6.07, 6.45) is 3.00. The quantitative estimate of drug-likeness (QED) is 0.434. The van der Waals surface area contributed by atoms with Crippen molar-refractivity contribution in [2.75, 3.05) is 14.2 Å². The van der Waals surface area contributed by atoms with Crippen molar-refractivity contribution in [3.8, 4) is 17.2 Å². The number of nitrogens with zero attached hydrogens (tertiary/aromatic N) is 1. The van der Waals surface area contributed by atoms with Gasteiger partial charge < -0.3 is 18.6 Å². The summed E-state index contributed by atoms with van der Waals surface area (Å²) in [7, 11) is 2.98. The maximum Gasteiger partial charge on any atom is 0.340 e. The molecule has 0 atom stereocenters. The molecule has 0 saturated carbocycles. The lowest BCUT2D eigenvalue weighted by molar-refractivity contribution is 0.0447. The van der Waals surface area contributed by atoms with Crippen LogP contribution in [0, 0.1) is 6.92 Å². The van der Waals surface area contributed by atoms with Gasteiger partial charge in [-0.2, -0.15) is 0 Å². The molecule has 158 valence electrons. The minimum atomic E-state index is -0.588. The fourth-order valence-corrected chi connectivity index (χ4v) is 3.33. The van der Waals surface area contributed by atoms with E-state index < -0.39 is 5.97 Å². The lowest BCUT2D eigenvalue weighted by Gasteiger charge is -2.15. The normalized spacial score (nSPS) is 10.8. The number of carbonyl (C=O) groups excluding carboxylic acids is 1. The summed E-state index contributed by atoms with van der Waals surface area (Å²) < 4.78 is 22.8. The maximum atomic E-state index is 13.3. The predicted molar refractivity (Wildman–Crippen MR) is 115 cm³/mol. The van der Waals surface area contributed by atoms with Gasteiger partial charge in [-0.05, 0) is 43.3 Å². The topological polar surface area (TPSA) is 79.9 Å². The monoisotopic (exact) mass is 419 g/mol. The van der Waals surface area contributed by atoms with Crippen LogP contribution in [0.25, 0.3) is 16.5 Å². The number of fused-ring (bicyclic) bond motifs is 1. The van der Waals surface area contributed by atoms with Gasteiger partial charge in [-0.3, -0.25) is 9.36 Å². The standard InChI is InChI=1S/C24H21NO6/c1-15-6-8-16(9-7-15)25-13-20(24(27)31-14-17-5-4-10-30-17)18-11-21(28-2)22(29-3)12-19(18)23(25)26/h4-13H,14H2,1-3H3. The highest BCUT2D eigenvalue weighted by Crippen LogP contribution is 2.33. The maximum absolute atomic E-state index is 13.3. The number of hydrogen-bond donors (Lipinski definition) is 0. The zero-order valence-electron chi connectivity index (χ0n) is 17.4. The Bertz CT molecular complexity index is 1290. The van der Waals surface area contributed by atoms with Crippen LogP contribution in [-0.4, -0.2) is 24.8 Å². The van der Waals surface area contributed by atoms with E-state index in [0.717, 1.165) is 5.56 Å². The van der Waals surface area contributed by atoms with E-state index in [1.807, 2.05) is 31.2 Å². The second-order valence-corrected chi connectivity index (χ2v) is 6.96. The number of furan rings is 1. The summed E-state index contributed by atoms with van der Waals surface area (Å²) in [5.41, 5.74) is 1.62. The van der Waals surface area contributed by atoms with Crippen molar-refractivity contribution in [1.82, 2.24) is 4.57 Å². The van der Waals surface area contributed by atoms with Gasteiger partial charge in [0, 0.05) is 17.3 Å². The summed E-state index contributed by atoms with van der Waals surface area (Å²) in [5.74, 6) is 0.726. The van der Waals surface area contributed by atoms with Gasteiger partial charge in [-0.25, -0.2) is 4.79 Å². The van der Waals surface area contributed by atoms with Gasteiger partial charge in [0.1, 0.15) is 12.4 Å². The molecule has 2 aromatic carbocycles. The number of carbonyl (C=O) groups is 1. The molecule has 0 aliphatic rings. The van der Waals surface area contributed by atoms with Crippen LogP contribution in [0.5, 0.6) is 11.5 Å². The van der Waals surface area contributed by atoms with Crippen molar-refractivity contribution in [2.45, 2.75) is 13.5 Å². The largest absolute Gasteiger partial charge is 0.493 e. The zero-order valence-corrected chi connectivity index (χ0v) is 17.4. The average Bonchev–Trinajstić information content (AvgIpc) is 3.31. The van der Waals surface area contributed by atoms with Crippen LogP contribution in [0.15, 0.2) is 70.2 Å². The molecule has 0 amide bonds. The molecule has 2 heterocycles. The highest BCUT2D eigenvalue weighted by Gasteiger charge is 2.20. The molecule has 4 rings (SSSR count). The van der Waals surface area contributed by atoms with Crippen LogP contribution in [0.1, 0.15) is 21.7 Å². The van der Waals surface area contributed by atoms with Gasteiger partial charge in [0.05, 0.1) is 31.4 Å². The number of aromatic nitrogens is 1. The Morgan fingerprint density at radius 1 is 1.00 bits per heavy atom. The number of pyridine rings is 1. The van der Waals surface area contributed by atoms with E-state index in [9.17, 15) is 9.59 Å². The Balaban J connectivity index is 1.90. The summed E-state index contributed by atoms with van der Waals surface area (Å²) in [5, 5.41) is 0.723. The third kappa shape index (κ3) is 3.90. The van der Waals surface area contributed by atoms with Crippen LogP contribution >= 0.6 is 0 Å². The van der Waals surface area contributed by atoms with Crippen LogP contribution in [0.3, 0.4) is 0 Å². The van der Waals surface area contributed by atoms with Gasteiger partial charge in [0.2, 0.25) is 0 Å². The molecule has 2 aromatic heterocycles. The summed E-state index contributed by atoms with van der Waals surface area (Å²) in [6.45, 7) is 1.94. The van der Waals surface area contributed by atoms with E-state index in [0.29, 0.717) is 33.7 Å². The van der Waals surface area contributed by atoms with Crippen molar-refractivity contribution >= 4 is 16.7 Å². The fraction of sp³-hybridized carbons (Fsp3) is 0.167. The van der Waals surface area contributed by atoms with Crippen LogP contribution in [-0.2, 0) is 11.3 Å². The van der Waals surface area contributed by atoms with Crippen molar-refractivity contribution in [3.05, 3.63) is 88.2 Å². The average molecular weight is 419 g/mol. The Hall–Kier alpha value is -4.00. The third-order valence-electron chi connectivity index (χ3n) is 4.98. The van der Waals surface area contributed by atoms with E-state index in [-0.39, 0.29) is 17.7 Å². The number of ether oxygens (including phenoxy) is 3. The molecule has 0 N–H and O–H groups in total. The molecule has 0 radical (unpaired) electrons. The van der Waals surface area contributed by atoms with Crippen LogP contribution in [0.4, 0.5) is 0 Å². The molecule has 7 nitrogen and oxygen atoms in total. The predicted octanol–water partition coefficient (Wildman–Crippen LogP) is 4.27. The van der Waals surface area contributed by atoms with E-state index in [2.05, 4.69) is 0 Å². The molecule has 4 aromatic rings. The number of hydrogen-bond acceptors (Lipinski definition) is 6. The van der Waals surface area contributed by atoms with Gasteiger partial charge in [0.25, 0.3) is 5.56 Å². The molecule has 0 fully saturated rings. The van der Waals surface area contributed by atoms with Crippen molar-refractivity contribution in [3.63, 3.8) is 0 Å². The highest BCUT2D eigenvalue weighted by molar-refractivity contribution is 6.05. The Labute approximate surface area is 178 Å². The Morgan fingerprint density at radius 2 is 1.68 bits per heavy atom. The summed E-state index contributed by atoms with van der Waals surface area (Å²) >= 11 is 0. The van der Waals surface area contributed by atoms with Crippen LogP contribution < -0.4 is 15.0 Å². The second kappa shape index (κ2) is 8.39. The number of benzene rings is 2. The second-order valence-electron chi connectivity index (χ2n) is 6.96. The van der Waals surface area contributed by atoms with Gasteiger partial charge >= 0.3 is 5.97 Å². The number of esters is 1.